The number of anilines is 1. The van der Waals surface area contributed by atoms with E-state index in [1.807, 2.05) is 10.6 Å². The van der Waals surface area contributed by atoms with Gasteiger partial charge in [0, 0.05) is 19.2 Å². The fourth-order valence-corrected chi connectivity index (χ4v) is 1.48. The minimum Gasteiger partial charge on any atom is -0.354 e. The van der Waals surface area contributed by atoms with Crippen LogP contribution in [0.15, 0.2) is 6.07 Å². The fourth-order valence-electron chi connectivity index (χ4n) is 1.48. The molecular weight excluding hydrogens is 164 g/mol. The van der Waals surface area contributed by atoms with Crippen molar-refractivity contribution in [1.29, 1.82) is 5.41 Å². The Labute approximate surface area is 77.1 Å². The number of hydrogen-bond donors (Lipinski definition) is 2. The average molecular weight is 178 g/mol. The Balaban J connectivity index is 2.56. The third-order valence-corrected chi connectivity index (χ3v) is 2.28. The second kappa shape index (κ2) is 2.87. The zero-order valence-electron chi connectivity index (χ0n) is 7.96. The van der Waals surface area contributed by atoms with Gasteiger partial charge in [-0.1, -0.05) is 13.8 Å². The Morgan fingerprint density at radius 1 is 1.62 bits per heavy atom. The molecule has 1 aliphatic heterocycles. The Morgan fingerprint density at radius 3 is 3.08 bits per heavy atom. The van der Waals surface area contributed by atoms with Gasteiger partial charge in [0.25, 0.3) is 0 Å². The van der Waals surface area contributed by atoms with Gasteiger partial charge in [-0.3, -0.25) is 9.98 Å². The SMILES string of the molecule is CC(C)c1cc(=N)n2c(n1)NCC2. The molecule has 0 saturated carbocycles. The third kappa shape index (κ3) is 1.32. The maximum Gasteiger partial charge on any atom is 0.204 e. The number of hydrogen-bond acceptors (Lipinski definition) is 3. The van der Waals surface area contributed by atoms with Gasteiger partial charge < -0.3 is 5.32 Å². The monoisotopic (exact) mass is 178 g/mol. The van der Waals surface area contributed by atoms with E-state index in [2.05, 4.69) is 24.1 Å². The van der Waals surface area contributed by atoms with E-state index in [1.165, 1.54) is 0 Å². The highest BCUT2D eigenvalue weighted by Gasteiger charge is 2.12. The van der Waals surface area contributed by atoms with Crippen molar-refractivity contribution in [2.75, 3.05) is 11.9 Å². The van der Waals surface area contributed by atoms with Crippen LogP contribution in [0, 0.1) is 5.41 Å². The summed E-state index contributed by atoms with van der Waals surface area (Å²) in [4.78, 5) is 4.45. The highest BCUT2D eigenvalue weighted by atomic mass is 15.2. The minimum atomic E-state index is 0.386. The van der Waals surface area contributed by atoms with Crippen LogP contribution in [0.25, 0.3) is 0 Å². The highest BCUT2D eigenvalue weighted by Crippen LogP contribution is 2.13. The van der Waals surface area contributed by atoms with E-state index in [4.69, 9.17) is 5.41 Å². The first-order chi connectivity index (χ1) is 6.18. The van der Waals surface area contributed by atoms with E-state index < -0.39 is 0 Å². The van der Waals surface area contributed by atoms with Crippen LogP contribution in [0.2, 0.25) is 0 Å². The number of rotatable bonds is 1. The predicted octanol–water partition coefficient (Wildman–Crippen LogP) is 0.911. The van der Waals surface area contributed by atoms with Crippen LogP contribution in [0.3, 0.4) is 0 Å². The molecule has 2 N–H and O–H groups in total. The molecule has 2 rings (SSSR count). The predicted molar refractivity (Wildman–Crippen MR) is 50.7 cm³/mol. The zero-order valence-corrected chi connectivity index (χ0v) is 7.96. The van der Waals surface area contributed by atoms with Crippen molar-refractivity contribution in [3.63, 3.8) is 0 Å². The normalized spacial score (nSPS) is 14.4. The maximum atomic E-state index is 7.77. The molecule has 0 unspecified atom stereocenters. The molecule has 4 heteroatoms. The molecule has 13 heavy (non-hydrogen) atoms. The van der Waals surface area contributed by atoms with Crippen molar-refractivity contribution < 1.29 is 0 Å². The first-order valence-corrected chi connectivity index (χ1v) is 4.58. The molecule has 0 fully saturated rings. The highest BCUT2D eigenvalue weighted by molar-refractivity contribution is 5.31. The van der Waals surface area contributed by atoms with Gasteiger partial charge in [0.05, 0.1) is 5.69 Å². The van der Waals surface area contributed by atoms with Gasteiger partial charge in [-0.15, -0.1) is 0 Å². The van der Waals surface area contributed by atoms with Crippen molar-refractivity contribution in [2.24, 2.45) is 0 Å². The number of aromatic nitrogens is 2. The number of fused-ring (bicyclic) bond motifs is 1. The Hall–Kier alpha value is -1.32. The number of nitrogens with zero attached hydrogens (tertiary/aromatic N) is 2. The second-order valence-electron chi connectivity index (χ2n) is 3.62. The quantitative estimate of drug-likeness (QED) is 0.671. The van der Waals surface area contributed by atoms with Crippen LogP contribution < -0.4 is 10.8 Å². The molecular formula is C9H14N4. The van der Waals surface area contributed by atoms with Crippen molar-refractivity contribution >= 4 is 5.95 Å². The molecule has 4 nitrogen and oxygen atoms in total. The third-order valence-electron chi connectivity index (χ3n) is 2.28. The molecule has 0 radical (unpaired) electrons. The molecule has 0 aliphatic carbocycles. The lowest BCUT2D eigenvalue weighted by atomic mass is 10.1. The van der Waals surface area contributed by atoms with E-state index in [9.17, 15) is 0 Å². The van der Waals surface area contributed by atoms with Crippen molar-refractivity contribution in [1.82, 2.24) is 9.55 Å². The summed E-state index contributed by atoms with van der Waals surface area (Å²) in [6.07, 6.45) is 0. The fraction of sp³-hybridized carbons (Fsp3) is 0.556. The lowest BCUT2D eigenvalue weighted by Crippen LogP contribution is -2.19. The van der Waals surface area contributed by atoms with Gasteiger partial charge in [0.1, 0.15) is 5.49 Å². The summed E-state index contributed by atoms with van der Waals surface area (Å²) in [6.45, 7) is 5.93. The lowest BCUT2D eigenvalue weighted by molar-refractivity contribution is 0.711. The maximum absolute atomic E-state index is 7.77. The van der Waals surface area contributed by atoms with E-state index >= 15 is 0 Å². The first kappa shape index (κ1) is 8.29. The van der Waals surface area contributed by atoms with E-state index in [1.54, 1.807) is 0 Å². The van der Waals surface area contributed by atoms with Crippen LogP contribution in [0.1, 0.15) is 25.5 Å². The summed E-state index contributed by atoms with van der Waals surface area (Å²) in [6, 6.07) is 1.85. The van der Waals surface area contributed by atoms with Crippen LogP contribution in [0.5, 0.6) is 0 Å². The zero-order chi connectivity index (χ0) is 9.42. The van der Waals surface area contributed by atoms with Crippen molar-refractivity contribution in [3.05, 3.63) is 17.2 Å². The van der Waals surface area contributed by atoms with Crippen LogP contribution in [-0.2, 0) is 6.54 Å². The Bertz CT molecular complexity index is 378. The van der Waals surface area contributed by atoms with E-state index in [0.717, 1.165) is 24.7 Å². The van der Waals surface area contributed by atoms with Gasteiger partial charge in [-0.05, 0) is 5.92 Å². The largest absolute Gasteiger partial charge is 0.354 e. The van der Waals surface area contributed by atoms with Crippen LogP contribution in [0.4, 0.5) is 5.95 Å². The van der Waals surface area contributed by atoms with Gasteiger partial charge in [-0.2, -0.15) is 0 Å². The molecule has 0 saturated heterocycles. The summed E-state index contributed by atoms with van der Waals surface area (Å²) >= 11 is 0. The molecule has 0 spiro atoms. The number of nitrogens with one attached hydrogen (secondary N) is 2. The summed E-state index contributed by atoms with van der Waals surface area (Å²) < 4.78 is 1.89. The summed E-state index contributed by atoms with van der Waals surface area (Å²) in [5.74, 6) is 1.23. The smallest absolute Gasteiger partial charge is 0.204 e. The molecule has 1 aromatic rings. The summed E-state index contributed by atoms with van der Waals surface area (Å²) in [7, 11) is 0. The van der Waals surface area contributed by atoms with Crippen LogP contribution in [-0.4, -0.2) is 16.1 Å². The van der Waals surface area contributed by atoms with Crippen LogP contribution >= 0.6 is 0 Å². The summed E-state index contributed by atoms with van der Waals surface area (Å²) in [5, 5.41) is 10.9. The van der Waals surface area contributed by atoms with E-state index in [-0.39, 0.29) is 0 Å². The summed E-state index contributed by atoms with van der Waals surface area (Å²) in [5.41, 5.74) is 1.55. The van der Waals surface area contributed by atoms with Gasteiger partial charge in [-0.25, -0.2) is 4.98 Å². The first-order valence-electron chi connectivity index (χ1n) is 4.58. The molecule has 0 amide bonds. The molecule has 1 aromatic heterocycles. The van der Waals surface area contributed by atoms with E-state index in [0.29, 0.717) is 11.4 Å². The van der Waals surface area contributed by atoms with Crippen molar-refractivity contribution in [2.45, 2.75) is 26.3 Å². The van der Waals surface area contributed by atoms with Gasteiger partial charge >= 0.3 is 0 Å². The van der Waals surface area contributed by atoms with Gasteiger partial charge in [0.2, 0.25) is 5.95 Å². The van der Waals surface area contributed by atoms with Gasteiger partial charge in [0.15, 0.2) is 0 Å². The average Bonchev–Trinajstić information content (AvgIpc) is 2.51. The standard InChI is InChI=1S/C9H14N4/c1-6(2)7-5-8(10)13-4-3-11-9(13)12-7/h5-6,10H,3-4H2,1-2H3,(H,11,12). The van der Waals surface area contributed by atoms with Crippen molar-refractivity contribution in [3.8, 4) is 0 Å². The minimum absolute atomic E-state index is 0.386. The molecule has 0 aromatic carbocycles. The molecule has 0 bridgehead atoms. The molecule has 0 atom stereocenters. The molecule has 2 heterocycles. The molecule has 70 valence electrons. The second-order valence-corrected chi connectivity index (χ2v) is 3.62. The molecule has 1 aliphatic rings. The topological polar surface area (TPSA) is 53.7 Å². The lowest BCUT2D eigenvalue weighted by Gasteiger charge is -2.08. The Kier molecular flexibility index (Phi) is 1.83. The Morgan fingerprint density at radius 2 is 2.38 bits per heavy atom.